The fraction of sp³-hybridized carbons (Fsp3) is 0.250. The molecule has 1 saturated carbocycles. The van der Waals surface area contributed by atoms with Gasteiger partial charge in [-0.15, -0.1) is 11.3 Å². The summed E-state index contributed by atoms with van der Waals surface area (Å²) < 4.78 is 0.802. The van der Waals surface area contributed by atoms with Crippen molar-refractivity contribution in [3.8, 4) is 17.2 Å². The van der Waals surface area contributed by atoms with Crippen molar-refractivity contribution in [2.24, 2.45) is 0 Å². The first-order valence-electron chi connectivity index (χ1n) is 8.92. The van der Waals surface area contributed by atoms with E-state index in [1.807, 2.05) is 42.5 Å². The van der Waals surface area contributed by atoms with Crippen LogP contribution in [0.15, 0.2) is 42.6 Å². The molecule has 4 rings (SSSR count). The van der Waals surface area contributed by atoms with E-state index >= 15 is 0 Å². The molecule has 7 nitrogen and oxygen atoms in total. The van der Waals surface area contributed by atoms with Crippen molar-refractivity contribution in [2.75, 3.05) is 6.54 Å². The van der Waals surface area contributed by atoms with Gasteiger partial charge in [-0.25, -0.2) is 9.97 Å². The van der Waals surface area contributed by atoms with Crippen LogP contribution in [0, 0.1) is 11.3 Å². The first kappa shape index (κ1) is 18.1. The summed E-state index contributed by atoms with van der Waals surface area (Å²) in [7, 11) is 0. The zero-order valence-corrected chi connectivity index (χ0v) is 15.7. The minimum Gasteiger partial charge on any atom is -0.352 e. The largest absolute Gasteiger partial charge is 0.352 e. The van der Waals surface area contributed by atoms with Gasteiger partial charge in [0.2, 0.25) is 11.8 Å². The molecule has 0 bridgehead atoms. The second-order valence-corrected chi connectivity index (χ2v) is 7.65. The Kier molecular flexibility index (Phi) is 5.00. The number of fused-ring (bicyclic) bond motifs is 1. The quantitative estimate of drug-likeness (QED) is 0.671. The number of benzene rings is 1. The highest BCUT2D eigenvalue weighted by Gasteiger charge is 2.26. The number of nitrogens with one attached hydrogen (secondary N) is 2. The van der Waals surface area contributed by atoms with E-state index in [-0.39, 0.29) is 18.5 Å². The topological polar surface area (TPSA) is 108 Å². The number of amides is 2. The van der Waals surface area contributed by atoms with Gasteiger partial charge in [0, 0.05) is 17.8 Å². The van der Waals surface area contributed by atoms with Crippen LogP contribution in [0.3, 0.4) is 0 Å². The number of nitrogens with zero attached hydrogens (tertiary/aromatic N) is 3. The number of pyridine rings is 1. The average molecular weight is 391 g/mol. The van der Waals surface area contributed by atoms with Crippen LogP contribution in [-0.4, -0.2) is 34.4 Å². The fourth-order valence-electron chi connectivity index (χ4n) is 2.75. The van der Waals surface area contributed by atoms with Crippen LogP contribution in [0.5, 0.6) is 0 Å². The van der Waals surface area contributed by atoms with Gasteiger partial charge in [-0.2, -0.15) is 5.26 Å². The third-order valence-corrected chi connectivity index (χ3v) is 5.43. The summed E-state index contributed by atoms with van der Waals surface area (Å²) in [4.78, 5) is 32.8. The fourth-order valence-corrected chi connectivity index (χ4v) is 3.76. The lowest BCUT2D eigenvalue weighted by molar-refractivity contribution is -0.126. The van der Waals surface area contributed by atoms with Crippen molar-refractivity contribution in [1.29, 1.82) is 5.26 Å². The van der Waals surface area contributed by atoms with Gasteiger partial charge in [0.1, 0.15) is 5.01 Å². The van der Waals surface area contributed by atoms with E-state index in [2.05, 4.69) is 20.6 Å². The van der Waals surface area contributed by atoms with Crippen molar-refractivity contribution >= 4 is 33.5 Å². The number of hydrogen-bond donors (Lipinski definition) is 2. The van der Waals surface area contributed by atoms with Crippen LogP contribution >= 0.6 is 11.3 Å². The minimum atomic E-state index is -1.08. The summed E-state index contributed by atoms with van der Waals surface area (Å²) in [6, 6.07) is 14.0. The minimum absolute atomic E-state index is 0.144. The Balaban J connectivity index is 1.50. The van der Waals surface area contributed by atoms with Gasteiger partial charge >= 0.3 is 0 Å². The zero-order valence-electron chi connectivity index (χ0n) is 14.9. The molecule has 1 aromatic carbocycles. The van der Waals surface area contributed by atoms with Crippen molar-refractivity contribution < 1.29 is 9.59 Å². The molecule has 0 radical (unpaired) electrons. The Morgan fingerprint density at radius 1 is 1.25 bits per heavy atom. The van der Waals surface area contributed by atoms with Crippen molar-refractivity contribution in [3.63, 3.8) is 0 Å². The van der Waals surface area contributed by atoms with Crippen LogP contribution < -0.4 is 10.6 Å². The Morgan fingerprint density at radius 3 is 2.75 bits per heavy atom. The van der Waals surface area contributed by atoms with E-state index in [0.29, 0.717) is 10.7 Å². The summed E-state index contributed by atoms with van der Waals surface area (Å²) in [5, 5.41) is 15.1. The molecule has 1 unspecified atom stereocenters. The van der Waals surface area contributed by atoms with Crippen molar-refractivity contribution in [1.82, 2.24) is 20.6 Å². The van der Waals surface area contributed by atoms with E-state index in [1.165, 1.54) is 11.3 Å². The molecule has 2 heterocycles. The van der Waals surface area contributed by atoms with Crippen LogP contribution in [0.1, 0.15) is 23.8 Å². The maximum absolute atomic E-state index is 12.4. The molecule has 1 atom stereocenters. The highest BCUT2D eigenvalue weighted by molar-refractivity contribution is 7.18. The molecule has 2 aromatic heterocycles. The predicted molar refractivity (Wildman–Crippen MR) is 105 cm³/mol. The molecule has 140 valence electrons. The van der Waals surface area contributed by atoms with Gasteiger partial charge in [0.25, 0.3) is 0 Å². The maximum Gasteiger partial charge on any atom is 0.244 e. The normalized spacial score (nSPS) is 14.2. The smallest absolute Gasteiger partial charge is 0.244 e. The van der Waals surface area contributed by atoms with Gasteiger partial charge in [0.05, 0.1) is 17.3 Å². The van der Waals surface area contributed by atoms with Crippen LogP contribution in [0.2, 0.25) is 0 Å². The van der Waals surface area contributed by atoms with E-state index in [4.69, 9.17) is 0 Å². The van der Waals surface area contributed by atoms with Gasteiger partial charge in [-0.3, -0.25) is 9.59 Å². The van der Waals surface area contributed by atoms with Crippen LogP contribution in [0.25, 0.3) is 21.5 Å². The Labute approximate surface area is 165 Å². The molecule has 1 fully saturated rings. The van der Waals surface area contributed by atoms with Gasteiger partial charge < -0.3 is 10.6 Å². The molecule has 1 aliphatic carbocycles. The summed E-state index contributed by atoms with van der Waals surface area (Å²) in [5.41, 5.74) is 2.47. The third kappa shape index (κ3) is 4.00. The molecule has 0 aliphatic heterocycles. The van der Waals surface area contributed by atoms with Gasteiger partial charge in [-0.1, -0.05) is 30.3 Å². The lowest BCUT2D eigenvalue weighted by Crippen LogP contribution is -2.39. The molecule has 0 spiro atoms. The van der Waals surface area contributed by atoms with E-state index < -0.39 is 11.8 Å². The number of thiazole rings is 1. The predicted octanol–water partition coefficient (Wildman–Crippen LogP) is 2.36. The highest BCUT2D eigenvalue weighted by Crippen LogP contribution is 2.30. The van der Waals surface area contributed by atoms with E-state index in [0.717, 1.165) is 28.7 Å². The lowest BCUT2D eigenvalue weighted by Gasteiger charge is -2.08. The molecule has 3 aromatic rings. The summed E-state index contributed by atoms with van der Waals surface area (Å²) in [6.45, 7) is -0.144. The number of carbonyl (C=O) groups excluding carboxylic acids is 2. The zero-order chi connectivity index (χ0) is 19.5. The number of aromatic nitrogens is 2. The van der Waals surface area contributed by atoms with Crippen LogP contribution in [0.4, 0.5) is 0 Å². The molecule has 2 N–H and O–H groups in total. The van der Waals surface area contributed by atoms with Crippen molar-refractivity contribution in [2.45, 2.75) is 24.8 Å². The first-order chi connectivity index (χ1) is 13.6. The monoisotopic (exact) mass is 391 g/mol. The standard InChI is InChI=1S/C20H17N5O2S/c21-9-15(19(27)23-11-17(26)24-14-6-7-14)20-25-18-16(28-20)8-13(10-22-18)12-4-2-1-3-5-12/h1-5,8,10,14-15H,6-7,11H2,(H,23,27)(H,24,26). The lowest BCUT2D eigenvalue weighted by atomic mass is 10.1. The third-order valence-electron chi connectivity index (χ3n) is 4.37. The second kappa shape index (κ2) is 7.74. The second-order valence-electron chi connectivity index (χ2n) is 6.59. The SMILES string of the molecule is N#CC(C(=O)NCC(=O)NC1CC1)c1nc2ncc(-c3ccccc3)cc2s1. The molecular formula is C20H17N5O2S. The first-order valence-corrected chi connectivity index (χ1v) is 9.74. The molecule has 1 aliphatic rings. The average Bonchev–Trinajstić information content (AvgIpc) is 3.43. The molecule has 8 heteroatoms. The Bertz CT molecular complexity index is 1070. The van der Waals surface area contributed by atoms with E-state index in [9.17, 15) is 14.9 Å². The van der Waals surface area contributed by atoms with Crippen molar-refractivity contribution in [3.05, 3.63) is 47.6 Å². The number of rotatable bonds is 6. The summed E-state index contributed by atoms with van der Waals surface area (Å²) >= 11 is 1.26. The maximum atomic E-state index is 12.4. The summed E-state index contributed by atoms with van der Waals surface area (Å²) in [5.74, 6) is -1.85. The number of carbonyl (C=O) groups is 2. The Morgan fingerprint density at radius 2 is 2.04 bits per heavy atom. The van der Waals surface area contributed by atoms with Gasteiger partial charge in [0.15, 0.2) is 11.6 Å². The molecular weight excluding hydrogens is 374 g/mol. The summed E-state index contributed by atoms with van der Waals surface area (Å²) in [6.07, 6.45) is 3.68. The molecule has 0 saturated heterocycles. The van der Waals surface area contributed by atoms with E-state index in [1.54, 1.807) is 6.20 Å². The van der Waals surface area contributed by atoms with Gasteiger partial charge in [-0.05, 0) is 24.5 Å². The molecule has 28 heavy (non-hydrogen) atoms. The van der Waals surface area contributed by atoms with Crippen LogP contribution in [-0.2, 0) is 9.59 Å². The Hall–Kier alpha value is -3.31. The highest BCUT2D eigenvalue weighted by atomic mass is 32.1. The number of hydrogen-bond acceptors (Lipinski definition) is 6. The number of nitriles is 1. The molecule has 2 amide bonds.